The molecule has 1 saturated carbocycles. The molecule has 1 saturated heterocycles. The van der Waals surface area contributed by atoms with Gasteiger partial charge in [-0.15, -0.1) is 17.5 Å². The van der Waals surface area contributed by atoms with E-state index in [-0.39, 0.29) is 24.4 Å². The molecule has 1 aliphatic carbocycles. The Kier molecular flexibility index (Phi) is 5.22. The third-order valence-electron chi connectivity index (χ3n) is 4.35. The molecule has 2 fully saturated rings. The predicted octanol–water partition coefficient (Wildman–Crippen LogP) is 2.42. The van der Waals surface area contributed by atoms with E-state index in [1.807, 2.05) is 28.9 Å². The van der Waals surface area contributed by atoms with Crippen molar-refractivity contribution >= 4 is 34.2 Å². The summed E-state index contributed by atoms with van der Waals surface area (Å²) in [6.45, 7) is 1.78. The second-order valence-electron chi connectivity index (χ2n) is 6.15. The van der Waals surface area contributed by atoms with Crippen LogP contribution in [-0.4, -0.2) is 40.0 Å². The Hall–Kier alpha value is -1.44. The minimum atomic E-state index is -0.107. The number of hydrogen-bond donors (Lipinski definition) is 2. The van der Waals surface area contributed by atoms with Crippen LogP contribution in [0.3, 0.4) is 0 Å². The van der Waals surface area contributed by atoms with Crippen molar-refractivity contribution in [1.29, 1.82) is 0 Å². The van der Waals surface area contributed by atoms with Gasteiger partial charge in [-0.2, -0.15) is 0 Å². The summed E-state index contributed by atoms with van der Waals surface area (Å²) in [5, 5.41) is 14.8. The van der Waals surface area contributed by atoms with Crippen molar-refractivity contribution in [3.05, 3.63) is 40.1 Å². The number of amides is 1. The zero-order chi connectivity index (χ0) is 15.8. The van der Waals surface area contributed by atoms with Gasteiger partial charge in [0.05, 0.1) is 11.4 Å². The summed E-state index contributed by atoms with van der Waals surface area (Å²) < 4.78 is 2.83. The minimum absolute atomic E-state index is 0. The molecule has 4 rings (SSSR count). The second-order valence-corrected chi connectivity index (χ2v) is 7.06. The summed E-state index contributed by atoms with van der Waals surface area (Å²) in [5.41, 5.74) is 2.35. The smallest absolute Gasteiger partial charge is 0.274 e. The molecular formula is C16H19BrClN5O. The Morgan fingerprint density at radius 1 is 1.25 bits per heavy atom. The maximum Gasteiger partial charge on any atom is 0.274 e. The molecular weight excluding hydrogens is 394 g/mol. The molecule has 0 radical (unpaired) electrons. The first-order valence-corrected chi connectivity index (χ1v) is 8.75. The summed E-state index contributed by atoms with van der Waals surface area (Å²) in [4.78, 5) is 12.6. The molecule has 2 aliphatic rings. The van der Waals surface area contributed by atoms with E-state index in [4.69, 9.17) is 0 Å². The number of nitrogens with zero attached hydrogens (tertiary/aromatic N) is 3. The molecule has 128 valence electrons. The SMILES string of the molecule is Cl.O=C(NC1CCNC1)c1nnn(-c2ccc(Br)cc2)c1C1CC1. The Morgan fingerprint density at radius 3 is 2.62 bits per heavy atom. The molecule has 2 heterocycles. The Labute approximate surface area is 154 Å². The van der Waals surface area contributed by atoms with Gasteiger partial charge in [-0.25, -0.2) is 4.68 Å². The highest BCUT2D eigenvalue weighted by Gasteiger charge is 2.34. The highest BCUT2D eigenvalue weighted by Crippen LogP contribution is 2.42. The second kappa shape index (κ2) is 7.21. The number of halogens is 2. The van der Waals surface area contributed by atoms with Crippen LogP contribution in [0.4, 0.5) is 0 Å². The van der Waals surface area contributed by atoms with Gasteiger partial charge in [-0.3, -0.25) is 4.79 Å². The maximum absolute atomic E-state index is 12.6. The van der Waals surface area contributed by atoms with Crippen LogP contribution in [0, 0.1) is 0 Å². The molecule has 0 bridgehead atoms. The van der Waals surface area contributed by atoms with Crippen LogP contribution in [0.1, 0.15) is 41.4 Å². The normalized spacial score (nSPS) is 19.8. The van der Waals surface area contributed by atoms with Crippen LogP contribution in [0.2, 0.25) is 0 Å². The van der Waals surface area contributed by atoms with Crippen molar-refractivity contribution in [2.45, 2.75) is 31.2 Å². The van der Waals surface area contributed by atoms with Gasteiger partial charge >= 0.3 is 0 Å². The number of aromatic nitrogens is 3. The molecule has 24 heavy (non-hydrogen) atoms. The Morgan fingerprint density at radius 2 is 2.00 bits per heavy atom. The van der Waals surface area contributed by atoms with Gasteiger partial charge in [-0.05, 0) is 50.1 Å². The van der Waals surface area contributed by atoms with Gasteiger partial charge in [-0.1, -0.05) is 21.1 Å². The first-order chi connectivity index (χ1) is 11.2. The van der Waals surface area contributed by atoms with Crippen LogP contribution in [0.25, 0.3) is 5.69 Å². The number of carbonyl (C=O) groups excluding carboxylic acids is 1. The van der Waals surface area contributed by atoms with E-state index < -0.39 is 0 Å². The largest absolute Gasteiger partial charge is 0.347 e. The zero-order valence-corrected chi connectivity index (χ0v) is 15.4. The van der Waals surface area contributed by atoms with E-state index in [1.165, 1.54) is 0 Å². The molecule has 1 aliphatic heterocycles. The molecule has 1 aromatic heterocycles. The Bertz CT molecular complexity index is 723. The van der Waals surface area contributed by atoms with Gasteiger partial charge in [0.1, 0.15) is 0 Å². The monoisotopic (exact) mass is 411 g/mol. The molecule has 0 spiro atoms. The lowest BCUT2D eigenvalue weighted by atomic mass is 10.2. The lowest BCUT2D eigenvalue weighted by Crippen LogP contribution is -2.36. The van der Waals surface area contributed by atoms with Crippen molar-refractivity contribution in [3.63, 3.8) is 0 Å². The van der Waals surface area contributed by atoms with Crippen molar-refractivity contribution in [2.75, 3.05) is 13.1 Å². The van der Waals surface area contributed by atoms with E-state index in [0.29, 0.717) is 11.6 Å². The molecule has 1 atom stereocenters. The van der Waals surface area contributed by atoms with Gasteiger partial charge in [0.15, 0.2) is 5.69 Å². The fraction of sp³-hybridized carbons (Fsp3) is 0.438. The number of carbonyl (C=O) groups is 1. The summed E-state index contributed by atoms with van der Waals surface area (Å²) in [6.07, 6.45) is 3.15. The third-order valence-corrected chi connectivity index (χ3v) is 4.88. The van der Waals surface area contributed by atoms with Crippen LogP contribution in [0.15, 0.2) is 28.7 Å². The van der Waals surface area contributed by atoms with Crippen molar-refractivity contribution in [2.24, 2.45) is 0 Å². The van der Waals surface area contributed by atoms with Crippen molar-refractivity contribution in [1.82, 2.24) is 25.6 Å². The van der Waals surface area contributed by atoms with E-state index in [9.17, 15) is 4.79 Å². The summed E-state index contributed by atoms with van der Waals surface area (Å²) in [6, 6.07) is 8.09. The first-order valence-electron chi connectivity index (χ1n) is 7.95. The summed E-state index contributed by atoms with van der Waals surface area (Å²) >= 11 is 3.44. The minimum Gasteiger partial charge on any atom is -0.347 e. The number of nitrogens with one attached hydrogen (secondary N) is 2. The number of hydrogen-bond acceptors (Lipinski definition) is 4. The van der Waals surface area contributed by atoms with Gasteiger partial charge in [0.25, 0.3) is 5.91 Å². The van der Waals surface area contributed by atoms with Crippen molar-refractivity contribution < 1.29 is 4.79 Å². The summed E-state index contributed by atoms with van der Waals surface area (Å²) in [5.74, 6) is 0.278. The van der Waals surface area contributed by atoms with Crippen LogP contribution in [0.5, 0.6) is 0 Å². The van der Waals surface area contributed by atoms with E-state index in [1.54, 1.807) is 0 Å². The highest BCUT2D eigenvalue weighted by molar-refractivity contribution is 9.10. The molecule has 1 aromatic carbocycles. The fourth-order valence-corrected chi connectivity index (χ4v) is 3.24. The molecule has 6 nitrogen and oxygen atoms in total. The average Bonchev–Trinajstić information content (AvgIpc) is 3.08. The zero-order valence-electron chi connectivity index (χ0n) is 13.0. The standard InChI is InChI=1S/C16H18BrN5O.ClH/c17-11-3-5-13(6-4-11)22-15(10-1-2-10)14(20-21-22)16(23)19-12-7-8-18-9-12;/h3-6,10,12,18H,1-2,7-9H2,(H,19,23);1H. The number of benzene rings is 1. The van der Waals surface area contributed by atoms with Gasteiger partial charge < -0.3 is 10.6 Å². The van der Waals surface area contributed by atoms with E-state index >= 15 is 0 Å². The topological polar surface area (TPSA) is 71.8 Å². The van der Waals surface area contributed by atoms with Crippen LogP contribution >= 0.6 is 28.3 Å². The molecule has 1 amide bonds. The predicted molar refractivity (Wildman–Crippen MR) is 97.0 cm³/mol. The van der Waals surface area contributed by atoms with Gasteiger partial charge in [0.2, 0.25) is 0 Å². The third kappa shape index (κ3) is 3.48. The lowest BCUT2D eigenvalue weighted by Gasteiger charge is -2.11. The van der Waals surface area contributed by atoms with E-state index in [2.05, 4.69) is 36.9 Å². The Balaban J connectivity index is 0.00000169. The van der Waals surface area contributed by atoms with E-state index in [0.717, 1.165) is 48.2 Å². The van der Waals surface area contributed by atoms with Crippen LogP contribution in [-0.2, 0) is 0 Å². The molecule has 2 N–H and O–H groups in total. The van der Waals surface area contributed by atoms with Crippen LogP contribution < -0.4 is 10.6 Å². The van der Waals surface area contributed by atoms with Gasteiger partial charge in [0, 0.05) is 23.0 Å². The molecule has 1 unspecified atom stereocenters. The molecule has 8 heteroatoms. The quantitative estimate of drug-likeness (QED) is 0.809. The highest BCUT2D eigenvalue weighted by atomic mass is 79.9. The molecule has 2 aromatic rings. The number of rotatable bonds is 4. The first kappa shape index (κ1) is 17.4. The summed E-state index contributed by atoms with van der Waals surface area (Å²) in [7, 11) is 0. The average molecular weight is 413 g/mol. The fourth-order valence-electron chi connectivity index (χ4n) is 2.98. The lowest BCUT2D eigenvalue weighted by molar-refractivity contribution is 0.0934. The maximum atomic E-state index is 12.6. The van der Waals surface area contributed by atoms with Crippen molar-refractivity contribution in [3.8, 4) is 5.69 Å².